The number of aromatic nitrogens is 6. The van der Waals surface area contributed by atoms with Gasteiger partial charge in [0.05, 0.1) is 13.1 Å². The molecule has 0 fully saturated rings. The molecule has 10 heteroatoms. The second kappa shape index (κ2) is 6.34. The number of aliphatic hydroxyl groups is 1. The van der Waals surface area contributed by atoms with Crippen molar-refractivity contribution < 1.29 is 9.50 Å². The highest BCUT2D eigenvalue weighted by molar-refractivity contribution is 9.10. The highest BCUT2D eigenvalue weighted by Gasteiger charge is 2.34. The van der Waals surface area contributed by atoms with Gasteiger partial charge in [0.1, 0.15) is 30.4 Å². The van der Waals surface area contributed by atoms with Crippen molar-refractivity contribution in [3.63, 3.8) is 0 Å². The Bertz CT molecular complexity index is 811. The molecule has 1 N–H and O–H groups in total. The van der Waals surface area contributed by atoms with Gasteiger partial charge in [-0.2, -0.15) is 5.10 Å². The van der Waals surface area contributed by atoms with Crippen molar-refractivity contribution >= 4 is 27.5 Å². The second-order valence-corrected chi connectivity index (χ2v) is 6.11. The molecule has 1 unspecified atom stereocenters. The third kappa shape index (κ3) is 3.57. The van der Waals surface area contributed by atoms with Crippen LogP contribution < -0.4 is 0 Å². The predicted molar refractivity (Wildman–Crippen MR) is 83.1 cm³/mol. The minimum absolute atomic E-state index is 0.0109. The van der Waals surface area contributed by atoms with Crippen LogP contribution in [0.3, 0.4) is 0 Å². The standard InChI is InChI=1S/C13H11BrClFN6O/c14-12-18-8-22(20-12)5-13(23,4-21-7-17-6-19-21)10-2-1-9(15)3-11(10)16/h1-3,6-8,23H,4-5H2. The molecule has 2 aromatic heterocycles. The fourth-order valence-corrected chi connectivity index (χ4v) is 2.74. The zero-order chi connectivity index (χ0) is 16.4. The molecule has 0 saturated carbocycles. The van der Waals surface area contributed by atoms with E-state index in [1.54, 1.807) is 0 Å². The third-order valence-corrected chi connectivity index (χ3v) is 3.85. The number of benzene rings is 1. The normalized spacial score (nSPS) is 13.9. The Kier molecular flexibility index (Phi) is 4.42. The molecule has 7 nitrogen and oxygen atoms in total. The van der Waals surface area contributed by atoms with E-state index in [2.05, 4.69) is 36.1 Å². The van der Waals surface area contributed by atoms with Crippen molar-refractivity contribution in [2.45, 2.75) is 18.7 Å². The van der Waals surface area contributed by atoms with Crippen LogP contribution in [0.4, 0.5) is 4.39 Å². The molecule has 3 rings (SSSR count). The second-order valence-electron chi connectivity index (χ2n) is 4.96. The lowest BCUT2D eigenvalue weighted by Crippen LogP contribution is -2.37. The van der Waals surface area contributed by atoms with Gasteiger partial charge in [0.2, 0.25) is 4.73 Å². The fraction of sp³-hybridized carbons (Fsp3) is 0.231. The van der Waals surface area contributed by atoms with Crippen LogP contribution in [-0.4, -0.2) is 34.6 Å². The summed E-state index contributed by atoms with van der Waals surface area (Å²) in [5.41, 5.74) is -1.53. The summed E-state index contributed by atoms with van der Waals surface area (Å²) in [4.78, 5) is 7.77. The predicted octanol–water partition coefficient (Wildman–Crippen LogP) is 2.01. The van der Waals surface area contributed by atoms with Gasteiger partial charge < -0.3 is 5.11 Å². The molecule has 0 radical (unpaired) electrons. The zero-order valence-corrected chi connectivity index (χ0v) is 14.0. The average molecular weight is 402 g/mol. The lowest BCUT2D eigenvalue weighted by atomic mass is 9.93. The highest BCUT2D eigenvalue weighted by Crippen LogP contribution is 2.29. The van der Waals surface area contributed by atoms with Crippen LogP contribution in [0, 0.1) is 5.82 Å². The van der Waals surface area contributed by atoms with Crippen LogP contribution in [-0.2, 0) is 18.7 Å². The Balaban J connectivity index is 2.01. The summed E-state index contributed by atoms with van der Waals surface area (Å²) in [6.07, 6.45) is 4.21. The molecule has 23 heavy (non-hydrogen) atoms. The first-order valence-electron chi connectivity index (χ1n) is 6.51. The molecule has 3 aromatic rings. The van der Waals surface area contributed by atoms with E-state index in [9.17, 15) is 9.50 Å². The Hall–Kier alpha value is -1.84. The first kappa shape index (κ1) is 16.0. The van der Waals surface area contributed by atoms with Crippen LogP contribution in [0.1, 0.15) is 5.56 Å². The molecule has 0 aliphatic heterocycles. The van der Waals surface area contributed by atoms with Crippen LogP contribution in [0.15, 0.2) is 41.9 Å². The summed E-state index contributed by atoms with van der Waals surface area (Å²) >= 11 is 8.93. The van der Waals surface area contributed by atoms with Gasteiger partial charge in [-0.1, -0.05) is 17.7 Å². The van der Waals surface area contributed by atoms with Gasteiger partial charge in [-0.15, -0.1) is 5.10 Å². The van der Waals surface area contributed by atoms with E-state index in [1.165, 1.54) is 40.5 Å². The van der Waals surface area contributed by atoms with Gasteiger partial charge in [-0.3, -0.25) is 0 Å². The summed E-state index contributed by atoms with van der Waals surface area (Å²) in [6.45, 7) is -0.0347. The Morgan fingerprint density at radius 3 is 2.65 bits per heavy atom. The Morgan fingerprint density at radius 1 is 1.26 bits per heavy atom. The monoisotopic (exact) mass is 400 g/mol. The van der Waals surface area contributed by atoms with Crippen LogP contribution in [0.25, 0.3) is 0 Å². The van der Waals surface area contributed by atoms with E-state index >= 15 is 0 Å². The number of rotatable bonds is 5. The van der Waals surface area contributed by atoms with Crippen molar-refractivity contribution in [1.29, 1.82) is 0 Å². The molecular formula is C13H11BrClFN6O. The van der Waals surface area contributed by atoms with Crippen molar-refractivity contribution in [1.82, 2.24) is 29.5 Å². The molecule has 0 bridgehead atoms. The summed E-state index contributed by atoms with van der Waals surface area (Å²) in [7, 11) is 0. The van der Waals surface area contributed by atoms with E-state index in [0.29, 0.717) is 4.73 Å². The van der Waals surface area contributed by atoms with E-state index in [0.717, 1.165) is 6.07 Å². The zero-order valence-electron chi connectivity index (χ0n) is 11.6. The van der Waals surface area contributed by atoms with E-state index in [1.807, 2.05) is 0 Å². The van der Waals surface area contributed by atoms with E-state index in [-0.39, 0.29) is 23.7 Å². The summed E-state index contributed by atoms with van der Waals surface area (Å²) < 4.78 is 17.5. The molecule has 120 valence electrons. The molecule has 0 aliphatic carbocycles. The lowest BCUT2D eigenvalue weighted by Gasteiger charge is -2.28. The number of hydrogen-bond donors (Lipinski definition) is 1. The van der Waals surface area contributed by atoms with Gasteiger partial charge in [-0.05, 0) is 28.1 Å². The molecule has 0 amide bonds. The van der Waals surface area contributed by atoms with Crippen molar-refractivity contribution in [3.05, 3.63) is 58.3 Å². The van der Waals surface area contributed by atoms with Crippen LogP contribution in [0.5, 0.6) is 0 Å². The number of hydrogen-bond acceptors (Lipinski definition) is 5. The maximum Gasteiger partial charge on any atom is 0.217 e. The van der Waals surface area contributed by atoms with Crippen molar-refractivity contribution in [2.24, 2.45) is 0 Å². The number of halogens is 3. The summed E-state index contributed by atoms with van der Waals surface area (Å²) in [6, 6.07) is 4.12. The maximum atomic E-state index is 14.3. The number of nitrogens with zero attached hydrogens (tertiary/aromatic N) is 6. The minimum atomic E-state index is -1.62. The Morgan fingerprint density at radius 2 is 2.04 bits per heavy atom. The smallest absolute Gasteiger partial charge is 0.217 e. The van der Waals surface area contributed by atoms with Crippen LogP contribution >= 0.6 is 27.5 Å². The average Bonchev–Trinajstić information content (AvgIpc) is 3.10. The van der Waals surface area contributed by atoms with Crippen LogP contribution in [0.2, 0.25) is 5.02 Å². The van der Waals surface area contributed by atoms with Gasteiger partial charge in [-0.25, -0.2) is 23.7 Å². The molecule has 0 spiro atoms. The first-order chi connectivity index (χ1) is 11.0. The topological polar surface area (TPSA) is 81.6 Å². The lowest BCUT2D eigenvalue weighted by molar-refractivity contribution is -0.00853. The first-order valence-corrected chi connectivity index (χ1v) is 7.69. The molecule has 1 aromatic carbocycles. The highest BCUT2D eigenvalue weighted by atomic mass is 79.9. The van der Waals surface area contributed by atoms with Gasteiger partial charge in [0.25, 0.3) is 0 Å². The molecule has 2 heterocycles. The van der Waals surface area contributed by atoms with Crippen molar-refractivity contribution in [2.75, 3.05) is 0 Å². The maximum absolute atomic E-state index is 14.3. The minimum Gasteiger partial charge on any atom is -0.381 e. The molecule has 0 aliphatic rings. The molecular weight excluding hydrogens is 391 g/mol. The molecule has 0 saturated heterocycles. The third-order valence-electron chi connectivity index (χ3n) is 3.25. The summed E-state index contributed by atoms with van der Waals surface area (Å²) in [5.74, 6) is -0.612. The van der Waals surface area contributed by atoms with Gasteiger partial charge in [0, 0.05) is 10.6 Å². The van der Waals surface area contributed by atoms with E-state index < -0.39 is 11.4 Å². The summed E-state index contributed by atoms with van der Waals surface area (Å²) in [5, 5.41) is 19.4. The Labute approximate surface area is 143 Å². The van der Waals surface area contributed by atoms with Gasteiger partial charge >= 0.3 is 0 Å². The largest absolute Gasteiger partial charge is 0.381 e. The molecule has 1 atom stereocenters. The van der Waals surface area contributed by atoms with E-state index in [4.69, 9.17) is 11.6 Å². The fourth-order valence-electron chi connectivity index (χ4n) is 2.29. The quantitative estimate of drug-likeness (QED) is 0.707. The SMILES string of the molecule is OC(Cn1cncn1)(Cn1cnc(Br)n1)c1ccc(Cl)cc1F. The van der Waals surface area contributed by atoms with Crippen molar-refractivity contribution in [3.8, 4) is 0 Å². The van der Waals surface area contributed by atoms with Gasteiger partial charge in [0.15, 0.2) is 0 Å².